The first-order valence-electron chi connectivity index (χ1n) is 9.05. The van der Waals surface area contributed by atoms with Gasteiger partial charge >= 0.3 is 0 Å². The van der Waals surface area contributed by atoms with E-state index in [1.165, 1.54) is 4.52 Å². The lowest BCUT2D eigenvalue weighted by Gasteiger charge is -2.08. The normalized spacial score (nSPS) is 10.9. The molecule has 0 aliphatic carbocycles. The van der Waals surface area contributed by atoms with Gasteiger partial charge < -0.3 is 10.1 Å². The lowest BCUT2D eigenvalue weighted by molar-refractivity contribution is 0.306. The number of hydrogen-bond acceptors (Lipinski definition) is 5. The number of ether oxygens (including phenoxy) is 1. The number of aromatic amines is 1. The van der Waals surface area contributed by atoms with Crippen LogP contribution >= 0.6 is 0 Å². The molecule has 0 amide bonds. The highest BCUT2D eigenvalue weighted by atomic mass is 16.5. The van der Waals surface area contributed by atoms with Crippen molar-refractivity contribution in [3.05, 3.63) is 87.3 Å². The number of nitrogens with one attached hydrogen (secondary N) is 2. The van der Waals surface area contributed by atoms with Crippen molar-refractivity contribution in [2.24, 2.45) is 0 Å². The van der Waals surface area contributed by atoms with Gasteiger partial charge in [-0.3, -0.25) is 9.89 Å². The zero-order chi connectivity index (χ0) is 19.5. The summed E-state index contributed by atoms with van der Waals surface area (Å²) in [4.78, 5) is 20.9. The number of aromatic nitrogens is 4. The molecule has 4 aromatic rings. The van der Waals surface area contributed by atoms with E-state index in [0.29, 0.717) is 36.1 Å². The molecule has 2 N–H and O–H groups in total. The molecule has 2 aromatic carbocycles. The Bertz CT molecular complexity index is 1150. The fourth-order valence-electron chi connectivity index (χ4n) is 2.81. The van der Waals surface area contributed by atoms with Gasteiger partial charge in [0.05, 0.1) is 0 Å². The van der Waals surface area contributed by atoms with Crippen LogP contribution in [0.1, 0.15) is 22.4 Å². The van der Waals surface area contributed by atoms with Crippen LogP contribution in [0.25, 0.3) is 5.78 Å². The standard InChI is InChI=1S/C21H21N5O2/c1-14-15(2)23-21-24-20(25-26(21)19(14)27)22-12-16-8-10-18(11-9-16)28-13-17-6-4-3-5-7-17/h3-11H,12-13H2,1-2H3,(H2,22,23,24,25). The first-order valence-corrected chi connectivity index (χ1v) is 9.05. The molecule has 142 valence electrons. The van der Waals surface area contributed by atoms with Crippen LogP contribution in [-0.2, 0) is 13.2 Å². The number of anilines is 1. The Balaban J connectivity index is 1.39. The number of rotatable bonds is 6. The first-order chi connectivity index (χ1) is 13.6. The molecule has 4 rings (SSSR count). The van der Waals surface area contributed by atoms with E-state index in [1.807, 2.05) is 54.6 Å². The molecule has 0 saturated heterocycles. The van der Waals surface area contributed by atoms with Gasteiger partial charge in [-0.15, -0.1) is 0 Å². The zero-order valence-electron chi connectivity index (χ0n) is 15.8. The highest BCUT2D eigenvalue weighted by Gasteiger charge is 2.09. The second-order valence-electron chi connectivity index (χ2n) is 6.61. The van der Waals surface area contributed by atoms with Crippen molar-refractivity contribution in [3.8, 4) is 5.75 Å². The molecule has 0 unspecified atom stereocenters. The molecule has 0 atom stereocenters. The van der Waals surface area contributed by atoms with Crippen molar-refractivity contribution in [1.82, 2.24) is 19.6 Å². The third-order valence-corrected chi connectivity index (χ3v) is 4.60. The highest BCUT2D eigenvalue weighted by Crippen LogP contribution is 2.15. The third-order valence-electron chi connectivity index (χ3n) is 4.60. The quantitative estimate of drug-likeness (QED) is 0.541. The van der Waals surface area contributed by atoms with Crippen LogP contribution in [0.5, 0.6) is 5.75 Å². The monoisotopic (exact) mass is 375 g/mol. The Morgan fingerprint density at radius 3 is 2.50 bits per heavy atom. The number of fused-ring (bicyclic) bond motifs is 1. The molecule has 0 radical (unpaired) electrons. The van der Waals surface area contributed by atoms with E-state index in [2.05, 4.69) is 20.4 Å². The number of aryl methyl sites for hydroxylation is 1. The number of H-pyrrole nitrogens is 1. The summed E-state index contributed by atoms with van der Waals surface area (Å²) in [5.41, 5.74) is 3.36. The van der Waals surface area contributed by atoms with Crippen molar-refractivity contribution >= 4 is 11.7 Å². The van der Waals surface area contributed by atoms with Crippen molar-refractivity contribution in [2.45, 2.75) is 27.0 Å². The molecule has 28 heavy (non-hydrogen) atoms. The van der Waals surface area contributed by atoms with Gasteiger partial charge in [-0.1, -0.05) is 42.5 Å². The average Bonchev–Trinajstić information content (AvgIpc) is 3.13. The molecule has 0 fully saturated rings. The molecule has 0 aliphatic rings. The molecule has 2 heterocycles. The lowest BCUT2D eigenvalue weighted by atomic mass is 10.2. The lowest BCUT2D eigenvalue weighted by Crippen LogP contribution is -2.19. The largest absolute Gasteiger partial charge is 0.489 e. The van der Waals surface area contributed by atoms with Crippen LogP contribution in [0.4, 0.5) is 5.95 Å². The Morgan fingerprint density at radius 2 is 1.75 bits per heavy atom. The van der Waals surface area contributed by atoms with Crippen molar-refractivity contribution in [3.63, 3.8) is 0 Å². The van der Waals surface area contributed by atoms with Gasteiger partial charge in [-0.05, 0) is 37.1 Å². The molecular weight excluding hydrogens is 354 g/mol. The maximum atomic E-state index is 12.2. The van der Waals surface area contributed by atoms with E-state index in [-0.39, 0.29) is 5.56 Å². The summed E-state index contributed by atoms with van der Waals surface area (Å²) >= 11 is 0. The van der Waals surface area contributed by atoms with Gasteiger partial charge in [0.15, 0.2) is 0 Å². The number of hydrogen-bond donors (Lipinski definition) is 2. The molecule has 0 aliphatic heterocycles. The van der Waals surface area contributed by atoms with E-state index in [4.69, 9.17) is 4.74 Å². The topological polar surface area (TPSA) is 84.3 Å². The number of benzene rings is 2. The Morgan fingerprint density at radius 1 is 1.00 bits per heavy atom. The summed E-state index contributed by atoms with van der Waals surface area (Å²) in [6, 6.07) is 17.9. The molecule has 0 spiro atoms. The summed E-state index contributed by atoms with van der Waals surface area (Å²) in [6.45, 7) is 4.66. The SMILES string of the molecule is Cc1nc2nc(NCc3ccc(OCc4ccccc4)cc3)[nH]n2c(=O)c1C. The zero-order valence-corrected chi connectivity index (χ0v) is 15.8. The van der Waals surface area contributed by atoms with Crippen LogP contribution in [0, 0.1) is 13.8 Å². The van der Waals surface area contributed by atoms with Crippen molar-refractivity contribution < 1.29 is 4.74 Å². The Hall–Kier alpha value is -3.61. The van der Waals surface area contributed by atoms with E-state index < -0.39 is 0 Å². The first kappa shape index (κ1) is 17.8. The van der Waals surface area contributed by atoms with Crippen LogP contribution in [0.3, 0.4) is 0 Å². The maximum absolute atomic E-state index is 12.2. The molecule has 7 nitrogen and oxygen atoms in total. The molecular formula is C21H21N5O2. The second kappa shape index (κ2) is 7.56. The van der Waals surface area contributed by atoms with E-state index in [9.17, 15) is 4.79 Å². The molecule has 2 aromatic heterocycles. The van der Waals surface area contributed by atoms with E-state index in [1.54, 1.807) is 13.8 Å². The predicted molar refractivity (Wildman–Crippen MR) is 108 cm³/mol. The predicted octanol–water partition coefficient (Wildman–Crippen LogP) is 3.23. The van der Waals surface area contributed by atoms with Gasteiger partial charge in [0.1, 0.15) is 12.4 Å². The summed E-state index contributed by atoms with van der Waals surface area (Å²) in [6.07, 6.45) is 0. The van der Waals surface area contributed by atoms with E-state index >= 15 is 0 Å². The molecule has 0 bridgehead atoms. The van der Waals surface area contributed by atoms with Crippen LogP contribution in [-0.4, -0.2) is 19.6 Å². The van der Waals surface area contributed by atoms with Gasteiger partial charge in [0, 0.05) is 17.8 Å². The van der Waals surface area contributed by atoms with Crippen LogP contribution in [0.15, 0.2) is 59.4 Å². The van der Waals surface area contributed by atoms with Crippen LogP contribution < -0.4 is 15.6 Å². The average molecular weight is 375 g/mol. The van der Waals surface area contributed by atoms with Gasteiger partial charge in [-0.25, -0.2) is 4.98 Å². The molecule has 0 saturated carbocycles. The second-order valence-corrected chi connectivity index (χ2v) is 6.61. The Labute approximate surface area is 162 Å². The summed E-state index contributed by atoms with van der Waals surface area (Å²) in [7, 11) is 0. The van der Waals surface area contributed by atoms with Crippen molar-refractivity contribution in [2.75, 3.05) is 5.32 Å². The maximum Gasteiger partial charge on any atom is 0.277 e. The summed E-state index contributed by atoms with van der Waals surface area (Å²) in [5, 5.41) is 6.13. The minimum absolute atomic E-state index is 0.136. The summed E-state index contributed by atoms with van der Waals surface area (Å²) < 4.78 is 7.15. The Kier molecular flexibility index (Phi) is 4.80. The van der Waals surface area contributed by atoms with Crippen molar-refractivity contribution in [1.29, 1.82) is 0 Å². The summed E-state index contributed by atoms with van der Waals surface area (Å²) in [5.74, 6) is 1.68. The highest BCUT2D eigenvalue weighted by molar-refractivity contribution is 5.39. The smallest absolute Gasteiger partial charge is 0.277 e. The third kappa shape index (κ3) is 3.73. The van der Waals surface area contributed by atoms with Gasteiger partial charge in [0.25, 0.3) is 11.3 Å². The number of nitrogens with zero attached hydrogens (tertiary/aromatic N) is 3. The molecule has 7 heteroatoms. The minimum Gasteiger partial charge on any atom is -0.489 e. The fourth-order valence-corrected chi connectivity index (χ4v) is 2.81. The van der Waals surface area contributed by atoms with Gasteiger partial charge in [-0.2, -0.15) is 9.50 Å². The van der Waals surface area contributed by atoms with E-state index in [0.717, 1.165) is 16.9 Å². The van der Waals surface area contributed by atoms with Gasteiger partial charge in [0.2, 0.25) is 5.95 Å². The fraction of sp³-hybridized carbons (Fsp3) is 0.190. The minimum atomic E-state index is -0.136. The van der Waals surface area contributed by atoms with Crippen LogP contribution in [0.2, 0.25) is 0 Å².